The van der Waals surface area contributed by atoms with Crippen LogP contribution >= 0.6 is 0 Å². The van der Waals surface area contributed by atoms with Gasteiger partial charge in [0.2, 0.25) is 0 Å². The number of carbonyl (C=O) groups is 1. The largest absolute Gasteiger partial charge is 0.668 e. The van der Waals surface area contributed by atoms with Crippen molar-refractivity contribution < 1.29 is 31.0 Å². The van der Waals surface area contributed by atoms with Gasteiger partial charge < -0.3 is 10.5 Å². The summed E-state index contributed by atoms with van der Waals surface area (Å²) in [7, 11) is 0. The molecule has 3 heteroatoms. The van der Waals surface area contributed by atoms with Crippen molar-refractivity contribution in [3.05, 3.63) is 5.73 Å². The van der Waals surface area contributed by atoms with Gasteiger partial charge >= 0.3 is 0 Å². The molecule has 6 heavy (non-hydrogen) atoms. The molecule has 34 valence electrons. The number of nitrogens with one attached hydrogen (secondary N) is 1. The fraction of sp³-hybridized carbons (Fsp3) is 0.667. The summed E-state index contributed by atoms with van der Waals surface area (Å²) in [6.45, 7) is 1.66. The van der Waals surface area contributed by atoms with Crippen molar-refractivity contribution in [3.8, 4) is 0 Å². The second-order valence-electron chi connectivity index (χ2n) is 0.777. The predicted molar refractivity (Wildman–Crippen MR) is 19.6 cm³/mol. The minimum Gasteiger partial charge on any atom is -0.668 e. The zero-order valence-electron chi connectivity index (χ0n) is 3.62. The number of hydrogen-bond acceptors (Lipinski definition) is 1. The van der Waals surface area contributed by atoms with Gasteiger partial charge in [-0.15, -0.1) is 0 Å². The molecule has 0 aromatic carbocycles. The molecular formula is C3H6NOZr-. The van der Waals surface area contributed by atoms with Crippen molar-refractivity contribution in [2.75, 3.05) is 0 Å². The van der Waals surface area contributed by atoms with Gasteiger partial charge in [-0.1, -0.05) is 6.92 Å². The average Bonchev–Trinajstić information content (AvgIpc) is 1.38. The molecule has 1 N–H and O–H groups in total. The second-order valence-corrected chi connectivity index (χ2v) is 0.777. The van der Waals surface area contributed by atoms with Gasteiger partial charge in [-0.25, -0.2) is 0 Å². The fourth-order valence-corrected chi connectivity index (χ4v) is 0. The average molecular weight is 163 g/mol. The van der Waals surface area contributed by atoms with Crippen molar-refractivity contribution >= 4 is 5.91 Å². The molecule has 0 saturated heterocycles. The van der Waals surface area contributed by atoms with E-state index < -0.39 is 5.91 Å². The van der Waals surface area contributed by atoms with Gasteiger partial charge in [-0.2, -0.15) is 0 Å². The van der Waals surface area contributed by atoms with E-state index in [0.717, 1.165) is 0 Å². The van der Waals surface area contributed by atoms with E-state index in [1.165, 1.54) is 0 Å². The van der Waals surface area contributed by atoms with Gasteiger partial charge in [0.15, 0.2) is 0 Å². The van der Waals surface area contributed by atoms with Crippen LogP contribution in [-0.2, 0) is 31.0 Å². The molecule has 0 spiro atoms. The summed E-state index contributed by atoms with van der Waals surface area (Å²) in [4.78, 5) is 9.48. The molecule has 0 rings (SSSR count). The molecule has 0 aromatic heterocycles. The van der Waals surface area contributed by atoms with Crippen LogP contribution in [0.5, 0.6) is 0 Å². The van der Waals surface area contributed by atoms with Crippen LogP contribution in [0.4, 0.5) is 0 Å². The third kappa shape index (κ3) is 8.84. The Labute approximate surface area is 56.2 Å². The fourth-order valence-electron chi connectivity index (χ4n) is 0. The van der Waals surface area contributed by atoms with Crippen LogP contribution in [0.15, 0.2) is 0 Å². The molecular weight excluding hydrogens is 157 g/mol. The number of hydrogen-bond donors (Lipinski definition) is 0. The Morgan fingerprint density at radius 2 is 2.00 bits per heavy atom. The standard InChI is InChI=1S/C3H7NO.Zr/c1-2-3(4)5;/h2H2,1H3,(H2,4,5);/p-1. The molecule has 0 unspecified atom stereocenters. The first kappa shape index (κ1) is 9.61. The maximum Gasteiger partial charge on any atom is 0.0484 e. The minimum absolute atomic E-state index is 0. The van der Waals surface area contributed by atoms with Crippen molar-refractivity contribution in [2.24, 2.45) is 0 Å². The molecule has 0 heterocycles. The van der Waals surface area contributed by atoms with Crippen LogP contribution < -0.4 is 0 Å². The first-order chi connectivity index (χ1) is 2.27. The number of rotatable bonds is 1. The summed E-state index contributed by atoms with van der Waals surface area (Å²) >= 11 is 0. The van der Waals surface area contributed by atoms with E-state index in [1.54, 1.807) is 6.92 Å². The van der Waals surface area contributed by atoms with Crippen LogP contribution in [-0.4, -0.2) is 5.91 Å². The molecule has 0 aromatic rings. The Morgan fingerprint density at radius 1 is 1.83 bits per heavy atom. The van der Waals surface area contributed by atoms with Crippen LogP contribution in [0.1, 0.15) is 13.3 Å². The third-order valence-electron chi connectivity index (χ3n) is 0.321. The summed E-state index contributed by atoms with van der Waals surface area (Å²) in [5.41, 5.74) is 6.19. The Kier molecular flexibility index (Phi) is 8.57. The normalized spacial score (nSPS) is 6.17. The summed E-state index contributed by atoms with van der Waals surface area (Å²) < 4.78 is 0. The second kappa shape index (κ2) is 5.35. The van der Waals surface area contributed by atoms with Crippen LogP contribution in [0.3, 0.4) is 0 Å². The summed E-state index contributed by atoms with van der Waals surface area (Å²) in [6.07, 6.45) is 0.333. The molecule has 0 aliphatic rings. The van der Waals surface area contributed by atoms with Gasteiger partial charge in [0.1, 0.15) is 0 Å². The molecule has 0 aliphatic heterocycles. The van der Waals surface area contributed by atoms with Crippen molar-refractivity contribution in [1.29, 1.82) is 0 Å². The Morgan fingerprint density at radius 3 is 2.00 bits per heavy atom. The van der Waals surface area contributed by atoms with Gasteiger partial charge in [0, 0.05) is 32.1 Å². The summed E-state index contributed by atoms with van der Waals surface area (Å²) in [6, 6.07) is 0. The number of amides is 1. The van der Waals surface area contributed by atoms with Crippen molar-refractivity contribution in [2.45, 2.75) is 13.3 Å². The monoisotopic (exact) mass is 162 g/mol. The van der Waals surface area contributed by atoms with Crippen LogP contribution in [0.25, 0.3) is 5.73 Å². The first-order valence-corrected chi connectivity index (χ1v) is 1.51. The molecule has 1 amide bonds. The zero-order valence-corrected chi connectivity index (χ0v) is 6.07. The van der Waals surface area contributed by atoms with E-state index in [4.69, 9.17) is 5.73 Å². The minimum atomic E-state index is -0.495. The van der Waals surface area contributed by atoms with Crippen LogP contribution in [0.2, 0.25) is 0 Å². The molecule has 0 fully saturated rings. The van der Waals surface area contributed by atoms with E-state index in [-0.39, 0.29) is 26.2 Å². The van der Waals surface area contributed by atoms with Crippen molar-refractivity contribution in [1.82, 2.24) is 0 Å². The van der Waals surface area contributed by atoms with E-state index >= 15 is 0 Å². The van der Waals surface area contributed by atoms with E-state index in [2.05, 4.69) is 0 Å². The van der Waals surface area contributed by atoms with Gasteiger partial charge in [-0.3, -0.25) is 0 Å². The SMILES string of the molecule is CCC([NH-])=O.[Zr]. The molecule has 0 bridgehead atoms. The van der Waals surface area contributed by atoms with E-state index in [9.17, 15) is 4.79 Å². The number of carbonyl (C=O) groups excluding carboxylic acids is 1. The Balaban J connectivity index is 0. The van der Waals surface area contributed by atoms with E-state index in [1.807, 2.05) is 0 Å². The smallest absolute Gasteiger partial charge is 0.0484 e. The predicted octanol–water partition coefficient (Wildman–Crippen LogP) is 0.973. The molecule has 0 radical (unpaired) electrons. The molecule has 0 saturated carbocycles. The maximum atomic E-state index is 9.48. The molecule has 0 atom stereocenters. The van der Waals surface area contributed by atoms with Crippen molar-refractivity contribution in [3.63, 3.8) is 0 Å². The third-order valence-corrected chi connectivity index (χ3v) is 0.321. The quantitative estimate of drug-likeness (QED) is 0.568. The Bertz CT molecular complexity index is 46.1. The summed E-state index contributed by atoms with van der Waals surface area (Å²) in [5, 5.41) is 0. The van der Waals surface area contributed by atoms with Gasteiger partial charge in [0.25, 0.3) is 0 Å². The summed E-state index contributed by atoms with van der Waals surface area (Å²) in [5.74, 6) is -0.495. The van der Waals surface area contributed by atoms with Gasteiger partial charge in [0.05, 0.1) is 0 Å². The zero-order chi connectivity index (χ0) is 4.28. The Hall–Kier alpha value is 0.353. The molecule has 0 aliphatic carbocycles. The topological polar surface area (TPSA) is 40.9 Å². The van der Waals surface area contributed by atoms with E-state index in [0.29, 0.717) is 6.42 Å². The maximum absolute atomic E-state index is 9.48. The molecule has 2 nitrogen and oxygen atoms in total. The first-order valence-electron chi connectivity index (χ1n) is 1.51. The van der Waals surface area contributed by atoms with Crippen LogP contribution in [0, 0.1) is 0 Å². The van der Waals surface area contributed by atoms with Gasteiger partial charge in [-0.05, 0) is 6.42 Å².